The van der Waals surface area contributed by atoms with Crippen LogP contribution in [0.3, 0.4) is 0 Å². The Morgan fingerprint density at radius 2 is 1.93 bits per heavy atom. The van der Waals surface area contributed by atoms with E-state index < -0.39 is 0 Å². The predicted octanol–water partition coefficient (Wildman–Crippen LogP) is 4.44. The van der Waals surface area contributed by atoms with E-state index in [9.17, 15) is 14.4 Å². The van der Waals surface area contributed by atoms with Crippen LogP contribution in [0.4, 0.5) is 10.6 Å². The molecule has 0 aromatic carbocycles. The smallest absolute Gasteiger partial charge is 0.345 e. The molecule has 4 heterocycles. The van der Waals surface area contributed by atoms with E-state index in [1.54, 1.807) is 0 Å². The van der Waals surface area contributed by atoms with Crippen LogP contribution < -0.4 is 26.0 Å². The van der Waals surface area contributed by atoms with E-state index in [1.807, 2.05) is 52.8 Å². The maximum atomic E-state index is 12.2. The molecule has 1 aromatic rings. The number of hydrogen-bond acceptors (Lipinski definition) is 8. The molecule has 0 aliphatic carbocycles. The summed E-state index contributed by atoms with van der Waals surface area (Å²) in [4.78, 5) is 45.0. The van der Waals surface area contributed by atoms with Crippen molar-refractivity contribution in [2.24, 2.45) is 22.6 Å². The number of nitrogens with zero attached hydrogens (tertiary/aromatic N) is 4. The highest BCUT2D eigenvalue weighted by Gasteiger charge is 2.24. The molecule has 4 N–H and O–H groups in total. The van der Waals surface area contributed by atoms with E-state index >= 15 is 0 Å². The molecular formula is C34H59N7O5. The maximum absolute atomic E-state index is 12.2. The monoisotopic (exact) mass is 645 g/mol. The number of rotatable bonds is 9. The molecule has 0 spiro atoms. The lowest BCUT2D eigenvalue weighted by atomic mass is 9.92. The van der Waals surface area contributed by atoms with Gasteiger partial charge in [0.25, 0.3) is 6.47 Å². The largest absolute Gasteiger partial charge is 0.492 e. The summed E-state index contributed by atoms with van der Waals surface area (Å²) in [5, 5.41) is 6.09. The van der Waals surface area contributed by atoms with Crippen molar-refractivity contribution in [1.29, 1.82) is 0 Å². The van der Waals surface area contributed by atoms with Gasteiger partial charge in [0.05, 0.1) is 12.8 Å². The zero-order chi connectivity index (χ0) is 34.1. The van der Waals surface area contributed by atoms with E-state index in [0.717, 1.165) is 101 Å². The molecule has 3 aliphatic heterocycles. The number of anilines is 1. The van der Waals surface area contributed by atoms with E-state index in [4.69, 9.17) is 10.5 Å². The summed E-state index contributed by atoms with van der Waals surface area (Å²) in [7, 11) is 2.02. The Balaban J connectivity index is 0.000000433. The minimum absolute atomic E-state index is 0.0950. The molecule has 0 radical (unpaired) electrons. The summed E-state index contributed by atoms with van der Waals surface area (Å²) in [6.07, 6.45) is 10.1. The molecular weight excluding hydrogens is 586 g/mol. The van der Waals surface area contributed by atoms with Gasteiger partial charge in [0.1, 0.15) is 23.0 Å². The number of carbonyl (C=O) groups excluding carboxylic acids is 3. The summed E-state index contributed by atoms with van der Waals surface area (Å²) in [6, 6.07) is 2.45. The minimum atomic E-state index is -0.318. The summed E-state index contributed by atoms with van der Waals surface area (Å²) >= 11 is 0. The average molecular weight is 646 g/mol. The average Bonchev–Trinajstić information content (AvgIpc) is 3.49. The molecule has 3 amide bonds. The lowest BCUT2D eigenvalue weighted by molar-refractivity contribution is -0.138. The van der Waals surface area contributed by atoms with Crippen molar-refractivity contribution in [2.75, 3.05) is 51.3 Å². The highest BCUT2D eigenvalue weighted by molar-refractivity contribution is 5.93. The van der Waals surface area contributed by atoms with E-state index in [0.29, 0.717) is 30.9 Å². The predicted molar refractivity (Wildman–Crippen MR) is 183 cm³/mol. The summed E-state index contributed by atoms with van der Waals surface area (Å²) < 4.78 is 10.5. The number of likely N-dealkylation sites (N-methyl/N-ethyl adjacent to an activating group) is 1. The fourth-order valence-electron chi connectivity index (χ4n) is 5.30. The Hall–Kier alpha value is -3.41. The number of likely N-dealkylation sites (tertiary alicyclic amines) is 1. The highest BCUT2D eigenvalue weighted by atomic mass is 16.5. The van der Waals surface area contributed by atoms with Gasteiger partial charge in [0, 0.05) is 51.1 Å². The SMILES string of the molecule is CC(C)(C)OC=O.CNC1CCN(c2ncc(OCCCC3CCN(C(=O)/N=C(\N)C(C)C)CC3)cc2C)C1.O=C1CCCCN1. The molecule has 0 bridgehead atoms. The Bertz CT molecular complexity index is 1110. The van der Waals surface area contributed by atoms with Gasteiger partial charge in [-0.25, -0.2) is 9.78 Å². The van der Waals surface area contributed by atoms with Crippen LogP contribution in [0.15, 0.2) is 17.3 Å². The quantitative estimate of drug-likeness (QED) is 0.153. The molecule has 12 nitrogen and oxygen atoms in total. The number of hydrogen-bond donors (Lipinski definition) is 3. The molecule has 4 rings (SSSR count). The first-order valence-electron chi connectivity index (χ1n) is 16.9. The van der Waals surface area contributed by atoms with Crippen molar-refractivity contribution in [3.05, 3.63) is 17.8 Å². The molecule has 3 fully saturated rings. The first kappa shape index (κ1) is 38.8. The standard InChI is InChI=1S/C24H40N6O2.C5H9NO.C5H10O2/c1-17(2)22(25)28-24(31)29-10-7-19(8-11-29)6-5-13-32-21-14-18(3)23(27-15-21)30-12-9-20(16-30)26-4;7-5-3-1-2-4-6-5;1-5(2,3)7-4-6/h14-15,17,19-20,26H,5-13,16H2,1-4H3,(H2,25,28,31);1-4H2,(H,6,7);4H,1-3H3. The fraction of sp³-hybridized carbons (Fsp3) is 0.735. The second-order valence-corrected chi connectivity index (χ2v) is 13.6. The van der Waals surface area contributed by atoms with Gasteiger partial charge in [0.15, 0.2) is 0 Å². The second-order valence-electron chi connectivity index (χ2n) is 13.6. The van der Waals surface area contributed by atoms with E-state index in [-0.39, 0.29) is 23.5 Å². The number of nitrogens with two attached hydrogens (primary N) is 1. The van der Waals surface area contributed by atoms with Crippen LogP contribution in [0.25, 0.3) is 0 Å². The number of aliphatic imine (C=N–C) groups is 1. The van der Waals surface area contributed by atoms with Crippen molar-refractivity contribution in [2.45, 2.75) is 105 Å². The van der Waals surface area contributed by atoms with E-state index in [2.05, 4.69) is 43.2 Å². The Labute approximate surface area is 276 Å². The molecule has 3 aliphatic rings. The van der Waals surface area contributed by atoms with Gasteiger partial charge in [0.2, 0.25) is 5.91 Å². The molecule has 1 atom stereocenters. The number of pyridine rings is 1. The fourth-order valence-corrected chi connectivity index (χ4v) is 5.30. The first-order valence-corrected chi connectivity index (χ1v) is 16.9. The van der Waals surface area contributed by atoms with Crippen LogP contribution in [0, 0.1) is 18.8 Å². The number of piperidine rings is 2. The number of aryl methyl sites for hydroxylation is 1. The minimum Gasteiger partial charge on any atom is -0.492 e. The topological polar surface area (TPSA) is 151 Å². The van der Waals surface area contributed by atoms with Crippen LogP contribution in [0.5, 0.6) is 5.75 Å². The van der Waals surface area contributed by atoms with Gasteiger partial charge < -0.3 is 35.6 Å². The normalized spacial score (nSPS) is 19.0. The summed E-state index contributed by atoms with van der Waals surface area (Å²) in [5.74, 6) is 3.26. The number of nitrogens with one attached hydrogen (secondary N) is 2. The summed E-state index contributed by atoms with van der Waals surface area (Å²) in [5.41, 5.74) is 6.67. The zero-order valence-corrected chi connectivity index (χ0v) is 29.3. The number of ether oxygens (including phenoxy) is 2. The second kappa shape index (κ2) is 20.0. The molecule has 3 saturated heterocycles. The van der Waals surface area contributed by atoms with Gasteiger partial charge in [-0.3, -0.25) is 9.59 Å². The van der Waals surface area contributed by atoms with Crippen molar-refractivity contribution in [3.8, 4) is 5.75 Å². The summed E-state index contributed by atoms with van der Waals surface area (Å²) in [6.45, 7) is 17.1. The molecule has 12 heteroatoms. The third-order valence-electron chi connectivity index (χ3n) is 8.20. The first-order chi connectivity index (χ1) is 21.8. The van der Waals surface area contributed by atoms with Crippen LogP contribution in [-0.4, -0.2) is 92.2 Å². The van der Waals surface area contributed by atoms with Gasteiger partial charge in [-0.05, 0) is 97.2 Å². The van der Waals surface area contributed by atoms with Crippen molar-refractivity contribution >= 4 is 30.1 Å². The van der Waals surface area contributed by atoms with Crippen LogP contribution in [-0.2, 0) is 14.3 Å². The van der Waals surface area contributed by atoms with Gasteiger partial charge in [-0.15, -0.1) is 0 Å². The molecule has 260 valence electrons. The van der Waals surface area contributed by atoms with Crippen LogP contribution in [0.2, 0.25) is 0 Å². The van der Waals surface area contributed by atoms with Crippen LogP contribution >= 0.6 is 0 Å². The van der Waals surface area contributed by atoms with Gasteiger partial charge >= 0.3 is 6.03 Å². The van der Waals surface area contributed by atoms with Crippen molar-refractivity contribution in [1.82, 2.24) is 20.5 Å². The lowest BCUT2D eigenvalue weighted by Crippen LogP contribution is -2.38. The third-order valence-corrected chi connectivity index (χ3v) is 8.20. The molecule has 0 saturated carbocycles. The van der Waals surface area contributed by atoms with E-state index in [1.165, 1.54) is 0 Å². The lowest BCUT2D eigenvalue weighted by Gasteiger charge is -2.30. The number of urea groups is 1. The number of amidine groups is 1. The molecule has 1 unspecified atom stereocenters. The Morgan fingerprint density at radius 1 is 1.22 bits per heavy atom. The van der Waals surface area contributed by atoms with Gasteiger partial charge in [-0.1, -0.05) is 13.8 Å². The number of amides is 3. The Kier molecular flexibility index (Phi) is 16.8. The molecule has 1 aromatic heterocycles. The van der Waals surface area contributed by atoms with Crippen LogP contribution in [0.1, 0.15) is 91.5 Å². The highest BCUT2D eigenvalue weighted by Crippen LogP contribution is 2.26. The van der Waals surface area contributed by atoms with Crippen molar-refractivity contribution < 1.29 is 23.9 Å². The maximum Gasteiger partial charge on any atom is 0.345 e. The number of aromatic nitrogens is 1. The molecule has 46 heavy (non-hydrogen) atoms. The third kappa shape index (κ3) is 14.8. The zero-order valence-electron chi connectivity index (χ0n) is 29.3. The van der Waals surface area contributed by atoms with Crippen molar-refractivity contribution in [3.63, 3.8) is 0 Å². The Morgan fingerprint density at radius 3 is 2.41 bits per heavy atom. The van der Waals surface area contributed by atoms with Gasteiger partial charge in [-0.2, -0.15) is 4.99 Å². The number of carbonyl (C=O) groups is 3.